The van der Waals surface area contributed by atoms with Crippen molar-refractivity contribution in [3.63, 3.8) is 0 Å². The zero-order valence-corrected chi connectivity index (χ0v) is 75.2. The molecule has 0 atom stereocenters. The summed E-state index contributed by atoms with van der Waals surface area (Å²) in [4.78, 5) is 47.5. The lowest BCUT2D eigenvalue weighted by Crippen LogP contribution is -2.02. The highest BCUT2D eigenvalue weighted by atomic mass is 32.1. The van der Waals surface area contributed by atoms with Crippen LogP contribution in [0.4, 0.5) is 0 Å². The van der Waals surface area contributed by atoms with Crippen molar-refractivity contribution in [1.29, 1.82) is 0 Å². The molecule has 0 saturated heterocycles. The van der Waals surface area contributed by atoms with Crippen molar-refractivity contribution in [3.8, 4) is 45.8 Å². The first-order valence-corrected chi connectivity index (χ1v) is 47.1. The number of pyridine rings is 2. The van der Waals surface area contributed by atoms with Gasteiger partial charge in [0.1, 0.15) is 0 Å². The normalized spacial score (nSPS) is 11.5. The van der Waals surface area contributed by atoms with Crippen LogP contribution in [0, 0.1) is 41.5 Å². The van der Waals surface area contributed by atoms with E-state index < -0.39 is 0 Å². The Labute approximate surface area is 759 Å². The van der Waals surface area contributed by atoms with Crippen molar-refractivity contribution < 1.29 is 0 Å². The number of rotatable bonds is 5. The van der Waals surface area contributed by atoms with Gasteiger partial charge in [-0.1, -0.05) is 230 Å². The van der Waals surface area contributed by atoms with Gasteiger partial charge in [-0.15, -0.1) is 68.0 Å². The Morgan fingerprint density at radius 3 is 1.17 bits per heavy atom. The first kappa shape index (κ1) is 79.3. The topological polar surface area (TPSA) is 139 Å². The Hall–Kier alpha value is -14.6. The SMILES string of the molecule is Cc1ccc2sc3cccnc3c2c1.Cc1ccc2sc3cnc(-c4ccccc4)nc3c2c1.Cc1ccnc2c1sc1ccccc12.Cc1nc(-c2ccc3c(c2)c2ccccc2n3-c2ccccc2)nc2c1sc1ccccc12.Cc1nc(-c2ccccc2)nc2c1sc1ccccc12.Cc1nc(-n2c3ccccc3c3ccccc32)nc2c1sc1ccccc12. The average molecular weight is 1760 g/mol. The minimum Gasteiger partial charge on any atom is -0.309 e. The van der Waals surface area contributed by atoms with Crippen LogP contribution in [0.5, 0.6) is 0 Å². The van der Waals surface area contributed by atoms with E-state index in [1.165, 1.54) is 133 Å². The lowest BCUT2D eigenvalue weighted by Gasteiger charge is -2.08. The fraction of sp³-hybridized carbons (Fsp3) is 0.0545. The summed E-state index contributed by atoms with van der Waals surface area (Å²) in [6, 6.07) is 116. The second-order valence-electron chi connectivity index (χ2n) is 31.6. The minimum atomic E-state index is 0.737. The zero-order valence-electron chi connectivity index (χ0n) is 70.3. The van der Waals surface area contributed by atoms with Crippen LogP contribution in [0.15, 0.2) is 352 Å². The van der Waals surface area contributed by atoms with Crippen LogP contribution in [0.2, 0.25) is 0 Å². The monoisotopic (exact) mass is 1760 g/mol. The average Bonchev–Trinajstić information content (AvgIpc) is 1.58. The quantitative estimate of drug-likeness (QED) is 0.164. The van der Waals surface area contributed by atoms with Crippen molar-refractivity contribution in [2.24, 2.45) is 0 Å². The Morgan fingerprint density at radius 1 is 0.219 bits per heavy atom. The summed E-state index contributed by atoms with van der Waals surface area (Å²) in [6.45, 7) is 12.6. The van der Waals surface area contributed by atoms with Gasteiger partial charge in [0.25, 0.3) is 0 Å². The molecule has 27 rings (SSSR count). The maximum atomic E-state index is 5.04. The van der Waals surface area contributed by atoms with Crippen molar-refractivity contribution in [2.75, 3.05) is 0 Å². The number of benzene rings is 13. The number of thiophene rings is 6. The van der Waals surface area contributed by atoms with E-state index in [1.54, 1.807) is 45.3 Å². The summed E-state index contributed by atoms with van der Waals surface area (Å²) >= 11 is 10.7. The number of aromatic nitrogens is 12. The molecule has 128 heavy (non-hydrogen) atoms. The van der Waals surface area contributed by atoms with Crippen LogP contribution < -0.4 is 0 Å². The lowest BCUT2D eigenvalue weighted by molar-refractivity contribution is 0.993. The number of hydrogen-bond donors (Lipinski definition) is 0. The third-order valence-electron chi connectivity index (χ3n) is 23.1. The number of aryl methyl sites for hydroxylation is 6. The minimum absolute atomic E-state index is 0.737. The molecule has 612 valence electrons. The van der Waals surface area contributed by atoms with Gasteiger partial charge in [0.05, 0.1) is 100 Å². The second-order valence-corrected chi connectivity index (χ2v) is 38.0. The molecule has 14 heterocycles. The highest BCUT2D eigenvalue weighted by molar-refractivity contribution is 7.28. The largest absolute Gasteiger partial charge is 0.309 e. The van der Waals surface area contributed by atoms with Gasteiger partial charge in [0.2, 0.25) is 5.95 Å². The van der Waals surface area contributed by atoms with Crippen LogP contribution in [0.1, 0.15) is 33.8 Å². The van der Waals surface area contributed by atoms with Gasteiger partial charge in [0, 0.05) is 123 Å². The first-order chi connectivity index (χ1) is 62.9. The molecule has 0 aliphatic rings. The van der Waals surface area contributed by atoms with Gasteiger partial charge < -0.3 is 4.57 Å². The summed E-state index contributed by atoms with van der Waals surface area (Å²) in [6.07, 6.45) is 5.68. The van der Waals surface area contributed by atoms with E-state index in [-0.39, 0.29) is 0 Å². The van der Waals surface area contributed by atoms with E-state index in [0.717, 1.165) is 112 Å². The fourth-order valence-electron chi connectivity index (χ4n) is 17.1. The third-order valence-corrected chi connectivity index (χ3v) is 30.5. The van der Waals surface area contributed by atoms with Crippen molar-refractivity contribution in [2.45, 2.75) is 41.5 Å². The summed E-state index contributed by atoms with van der Waals surface area (Å²) < 4.78 is 19.5. The number of nitrogens with zero attached hydrogens (tertiary/aromatic N) is 12. The molecule has 0 aliphatic heterocycles. The van der Waals surface area contributed by atoms with E-state index in [9.17, 15) is 0 Å². The molecule has 0 bridgehead atoms. The molecule has 18 heteroatoms. The highest BCUT2D eigenvalue weighted by Gasteiger charge is 2.22. The zero-order chi connectivity index (χ0) is 86.0. The van der Waals surface area contributed by atoms with Crippen LogP contribution in [-0.2, 0) is 0 Å². The molecule has 0 radical (unpaired) electrons. The van der Waals surface area contributed by atoms with Gasteiger partial charge >= 0.3 is 0 Å². The fourth-order valence-corrected chi connectivity index (χ4v) is 23.5. The molecule has 0 saturated carbocycles. The molecule has 12 nitrogen and oxygen atoms in total. The predicted octanol–water partition coefficient (Wildman–Crippen LogP) is 31.3. The molecule has 0 fully saturated rings. The van der Waals surface area contributed by atoms with Gasteiger partial charge in [-0.2, -0.15) is 0 Å². The molecule has 0 aliphatic carbocycles. The smallest absolute Gasteiger partial charge is 0.235 e. The van der Waals surface area contributed by atoms with E-state index >= 15 is 0 Å². The summed E-state index contributed by atoms with van der Waals surface area (Å²) in [5.74, 6) is 3.11. The Bertz CT molecular complexity index is 8890. The Kier molecular flexibility index (Phi) is 20.9. The maximum absolute atomic E-state index is 5.04. The first-order valence-electron chi connectivity index (χ1n) is 42.2. The van der Waals surface area contributed by atoms with Crippen molar-refractivity contribution in [3.05, 3.63) is 386 Å². The number of para-hydroxylation sites is 4. The Morgan fingerprint density at radius 2 is 0.617 bits per heavy atom. The molecule has 0 amide bonds. The summed E-state index contributed by atoms with van der Waals surface area (Å²) in [7, 11) is 0. The summed E-state index contributed by atoms with van der Waals surface area (Å²) in [5, 5.41) is 12.3. The van der Waals surface area contributed by atoms with Gasteiger partial charge in [-0.3, -0.25) is 14.5 Å². The lowest BCUT2D eigenvalue weighted by atomic mass is 10.1. The standard InChI is InChI=1S/C29H19N3S.C23H15N3S.2C17H12N2S.2C12H9NS/c1-18-28-27(22-12-6-8-14-26(22)33-28)31-29(30-18)19-15-16-25-23(17-19)21-11-5-7-13-24(21)32(25)20-9-3-2-4-10-20;1-14-22-21(17-10-4-7-13-20(17)27-22)25-23(24-14)26-18-11-5-2-8-15(18)16-9-3-6-12-19(16)26;1-11-16-15(13-9-5-6-10-14(13)20-16)19-17(18-11)12-7-3-2-4-8-12;1-11-7-8-14-13(9-11)16-15(20-14)10-18-17(19-16)12-5-3-2-4-6-12;1-8-4-5-10-9(7-8)12-11(14-10)3-2-6-13-12;1-8-6-7-13-11-9-4-2-3-5-10(9)14-12(8)11/h2-17H,1H3;2-13H,1H3;2*2-10H,1H3;2*2-7H,1H3. The molecule has 0 unspecified atom stereocenters. The predicted molar refractivity (Wildman–Crippen MR) is 547 cm³/mol. The third kappa shape index (κ3) is 14.8. The van der Waals surface area contributed by atoms with Crippen LogP contribution in [-0.4, -0.2) is 59.0 Å². The molecule has 27 aromatic rings. The molecule has 13 aromatic carbocycles. The van der Waals surface area contributed by atoms with Gasteiger partial charge in [0.15, 0.2) is 17.5 Å². The molecular weight excluding hydrogens is 1680 g/mol. The number of hydrogen-bond acceptors (Lipinski definition) is 16. The van der Waals surface area contributed by atoms with Crippen molar-refractivity contribution in [1.82, 2.24) is 59.0 Å². The van der Waals surface area contributed by atoms with Crippen LogP contribution >= 0.6 is 68.0 Å². The van der Waals surface area contributed by atoms with Crippen LogP contribution in [0.3, 0.4) is 0 Å². The maximum Gasteiger partial charge on any atom is 0.235 e. The van der Waals surface area contributed by atoms with E-state index in [0.29, 0.717) is 0 Å². The molecule has 14 aromatic heterocycles. The molecule has 0 N–H and O–H groups in total. The molecule has 0 spiro atoms. The van der Waals surface area contributed by atoms with E-state index in [2.05, 4.69) is 350 Å². The summed E-state index contributed by atoms with van der Waals surface area (Å²) in [5.41, 5.74) is 22.5. The number of fused-ring (bicyclic) bond motifs is 24. The van der Waals surface area contributed by atoms with Crippen LogP contribution in [0.25, 0.3) is 211 Å². The van der Waals surface area contributed by atoms with Gasteiger partial charge in [-0.05, 0) is 162 Å². The molecular formula is C110H76N12S6. The van der Waals surface area contributed by atoms with E-state index in [1.807, 2.05) is 95.9 Å². The highest BCUT2D eigenvalue weighted by Crippen LogP contribution is 2.43. The van der Waals surface area contributed by atoms with Gasteiger partial charge in [-0.25, -0.2) is 39.9 Å². The Balaban J connectivity index is 0.0000000929. The van der Waals surface area contributed by atoms with E-state index in [4.69, 9.17) is 29.9 Å². The second kappa shape index (κ2) is 33.7. The van der Waals surface area contributed by atoms with Crippen molar-refractivity contribution >= 4 is 233 Å².